The Morgan fingerprint density at radius 2 is 2.00 bits per heavy atom. The van der Waals surface area contributed by atoms with E-state index in [2.05, 4.69) is 42.6 Å². The number of hydrogen-bond donors (Lipinski definition) is 1. The summed E-state index contributed by atoms with van der Waals surface area (Å²) in [6.07, 6.45) is 1.81. The molecule has 0 atom stereocenters. The second kappa shape index (κ2) is 3.90. The van der Waals surface area contributed by atoms with Crippen molar-refractivity contribution in [3.05, 3.63) is 34.9 Å². The molecule has 0 aromatic heterocycles. The van der Waals surface area contributed by atoms with Gasteiger partial charge in [-0.15, -0.1) is 0 Å². The van der Waals surface area contributed by atoms with E-state index in [0.29, 0.717) is 0 Å². The van der Waals surface area contributed by atoms with Crippen LogP contribution < -0.4 is 5.43 Å². The van der Waals surface area contributed by atoms with Crippen molar-refractivity contribution in [3.8, 4) is 0 Å². The minimum atomic E-state index is 1.13. The van der Waals surface area contributed by atoms with Crippen molar-refractivity contribution >= 4 is 6.21 Å². The molecule has 1 aromatic rings. The fourth-order valence-electron chi connectivity index (χ4n) is 0.984. The van der Waals surface area contributed by atoms with Crippen molar-refractivity contribution in [2.45, 2.75) is 13.8 Å². The molecule has 0 amide bonds. The van der Waals surface area contributed by atoms with E-state index in [1.54, 1.807) is 7.05 Å². The summed E-state index contributed by atoms with van der Waals surface area (Å²) < 4.78 is 0. The van der Waals surface area contributed by atoms with Crippen LogP contribution in [0, 0.1) is 13.8 Å². The smallest absolute Gasteiger partial charge is 0.0540 e. The highest BCUT2D eigenvalue weighted by Gasteiger charge is 1.92. The first-order valence-corrected chi connectivity index (χ1v) is 4.01. The zero-order chi connectivity index (χ0) is 8.97. The highest BCUT2D eigenvalue weighted by atomic mass is 15.3. The third kappa shape index (κ3) is 2.09. The van der Waals surface area contributed by atoms with Crippen LogP contribution in [0.4, 0.5) is 0 Å². The van der Waals surface area contributed by atoms with Gasteiger partial charge in [0, 0.05) is 7.05 Å². The fraction of sp³-hybridized carbons (Fsp3) is 0.300. The lowest BCUT2D eigenvalue weighted by molar-refractivity contribution is 0.908. The Kier molecular flexibility index (Phi) is 2.86. The molecule has 0 bridgehead atoms. The summed E-state index contributed by atoms with van der Waals surface area (Å²) in [5.74, 6) is 0. The van der Waals surface area contributed by atoms with Crippen molar-refractivity contribution in [1.29, 1.82) is 0 Å². The Bertz CT molecular complexity index is 290. The molecule has 2 nitrogen and oxygen atoms in total. The van der Waals surface area contributed by atoms with Crippen molar-refractivity contribution < 1.29 is 0 Å². The quantitative estimate of drug-likeness (QED) is 0.521. The van der Waals surface area contributed by atoms with Gasteiger partial charge in [-0.1, -0.05) is 18.2 Å². The Morgan fingerprint density at radius 3 is 2.58 bits per heavy atom. The molecule has 0 aliphatic rings. The Hall–Kier alpha value is -1.31. The molecule has 0 aliphatic heterocycles. The third-order valence-electron chi connectivity index (χ3n) is 1.87. The van der Waals surface area contributed by atoms with Gasteiger partial charge in [0.25, 0.3) is 0 Å². The number of hydrogen-bond acceptors (Lipinski definition) is 2. The summed E-state index contributed by atoms with van der Waals surface area (Å²) in [6.45, 7) is 4.21. The van der Waals surface area contributed by atoms with Gasteiger partial charge >= 0.3 is 0 Å². The van der Waals surface area contributed by atoms with Gasteiger partial charge in [0.1, 0.15) is 0 Å². The summed E-state index contributed by atoms with van der Waals surface area (Å²) in [7, 11) is 1.79. The molecule has 64 valence electrons. The van der Waals surface area contributed by atoms with E-state index >= 15 is 0 Å². The minimum absolute atomic E-state index is 1.13. The summed E-state index contributed by atoms with van der Waals surface area (Å²) in [5, 5.41) is 3.94. The number of benzene rings is 1. The number of nitrogens with one attached hydrogen (secondary N) is 1. The fourth-order valence-corrected chi connectivity index (χ4v) is 0.984. The molecule has 0 unspecified atom stereocenters. The number of hydrazone groups is 1. The molecule has 0 radical (unpaired) electrons. The Labute approximate surface area is 73.3 Å². The zero-order valence-electron chi connectivity index (χ0n) is 7.76. The Balaban J connectivity index is 2.89. The summed E-state index contributed by atoms with van der Waals surface area (Å²) in [4.78, 5) is 0. The van der Waals surface area contributed by atoms with Crippen LogP contribution in [0.3, 0.4) is 0 Å². The molecular weight excluding hydrogens is 148 g/mol. The van der Waals surface area contributed by atoms with Crippen LogP contribution >= 0.6 is 0 Å². The molecule has 0 aliphatic carbocycles. The predicted molar refractivity (Wildman–Crippen MR) is 52.6 cm³/mol. The van der Waals surface area contributed by atoms with Gasteiger partial charge in [0.15, 0.2) is 0 Å². The van der Waals surface area contributed by atoms with Crippen molar-refractivity contribution in [2.24, 2.45) is 5.10 Å². The van der Waals surface area contributed by atoms with Crippen LogP contribution in [0.2, 0.25) is 0 Å². The highest BCUT2D eigenvalue weighted by Crippen LogP contribution is 2.07. The topological polar surface area (TPSA) is 24.4 Å². The molecule has 0 saturated carbocycles. The van der Waals surface area contributed by atoms with Crippen LogP contribution in [0.1, 0.15) is 16.7 Å². The SMILES string of the molecule is CN/N=C/c1ccc(C)c(C)c1. The molecular formula is C10H14N2. The first kappa shape index (κ1) is 8.78. The summed E-state index contributed by atoms with van der Waals surface area (Å²) >= 11 is 0. The van der Waals surface area contributed by atoms with E-state index in [1.165, 1.54) is 11.1 Å². The maximum atomic E-state index is 3.94. The molecule has 12 heavy (non-hydrogen) atoms. The van der Waals surface area contributed by atoms with Crippen LogP contribution in [0.25, 0.3) is 0 Å². The van der Waals surface area contributed by atoms with Gasteiger partial charge in [-0.05, 0) is 30.5 Å². The first-order chi connectivity index (χ1) is 5.74. The maximum Gasteiger partial charge on any atom is 0.0540 e. The van der Waals surface area contributed by atoms with E-state index in [4.69, 9.17) is 0 Å². The lowest BCUT2D eigenvalue weighted by atomic mass is 10.1. The zero-order valence-corrected chi connectivity index (χ0v) is 7.76. The summed E-state index contributed by atoms with van der Waals surface area (Å²) in [5.41, 5.74) is 6.47. The van der Waals surface area contributed by atoms with Gasteiger partial charge in [-0.3, -0.25) is 0 Å². The normalized spacial score (nSPS) is 10.6. The Morgan fingerprint density at radius 1 is 1.25 bits per heavy atom. The maximum absolute atomic E-state index is 3.94. The van der Waals surface area contributed by atoms with Gasteiger partial charge in [0.2, 0.25) is 0 Å². The lowest BCUT2D eigenvalue weighted by Crippen LogP contribution is -1.95. The molecule has 1 N–H and O–H groups in total. The van der Waals surface area contributed by atoms with Crippen LogP contribution in [0.15, 0.2) is 23.3 Å². The van der Waals surface area contributed by atoms with Crippen molar-refractivity contribution in [1.82, 2.24) is 5.43 Å². The van der Waals surface area contributed by atoms with Crippen molar-refractivity contribution in [2.75, 3.05) is 7.05 Å². The van der Waals surface area contributed by atoms with E-state index in [9.17, 15) is 0 Å². The van der Waals surface area contributed by atoms with Crippen LogP contribution in [0.5, 0.6) is 0 Å². The molecule has 0 fully saturated rings. The van der Waals surface area contributed by atoms with Gasteiger partial charge in [-0.2, -0.15) is 5.10 Å². The highest BCUT2D eigenvalue weighted by molar-refractivity contribution is 5.79. The monoisotopic (exact) mass is 162 g/mol. The molecule has 0 heterocycles. The van der Waals surface area contributed by atoms with Gasteiger partial charge < -0.3 is 5.43 Å². The third-order valence-corrected chi connectivity index (χ3v) is 1.87. The number of nitrogens with zero attached hydrogens (tertiary/aromatic N) is 1. The number of aryl methyl sites for hydroxylation is 2. The molecule has 0 saturated heterocycles. The van der Waals surface area contributed by atoms with Crippen LogP contribution in [-0.2, 0) is 0 Å². The predicted octanol–water partition coefficient (Wildman–Crippen LogP) is 1.86. The van der Waals surface area contributed by atoms with E-state index < -0.39 is 0 Å². The first-order valence-electron chi connectivity index (χ1n) is 4.01. The summed E-state index contributed by atoms with van der Waals surface area (Å²) in [6, 6.07) is 6.28. The average Bonchev–Trinajstić information content (AvgIpc) is 2.07. The standard InChI is InChI=1S/C10H14N2/c1-8-4-5-10(6-9(8)2)7-12-11-3/h4-7,11H,1-3H3/b12-7+. The second-order valence-electron chi connectivity index (χ2n) is 2.83. The molecule has 1 rings (SSSR count). The second-order valence-corrected chi connectivity index (χ2v) is 2.83. The van der Waals surface area contributed by atoms with E-state index in [0.717, 1.165) is 5.56 Å². The average molecular weight is 162 g/mol. The number of rotatable bonds is 2. The van der Waals surface area contributed by atoms with E-state index in [-0.39, 0.29) is 0 Å². The van der Waals surface area contributed by atoms with Crippen molar-refractivity contribution in [3.63, 3.8) is 0 Å². The van der Waals surface area contributed by atoms with Gasteiger partial charge in [-0.25, -0.2) is 0 Å². The lowest BCUT2D eigenvalue weighted by Gasteiger charge is -1.99. The van der Waals surface area contributed by atoms with Gasteiger partial charge in [0.05, 0.1) is 6.21 Å². The molecule has 0 spiro atoms. The minimum Gasteiger partial charge on any atom is -0.313 e. The molecule has 1 aromatic carbocycles. The van der Waals surface area contributed by atoms with Crippen LogP contribution in [-0.4, -0.2) is 13.3 Å². The molecule has 2 heteroatoms. The largest absolute Gasteiger partial charge is 0.313 e. The van der Waals surface area contributed by atoms with E-state index in [1.807, 2.05) is 6.21 Å².